The third-order valence-electron chi connectivity index (χ3n) is 2.87. The molecular formula is C7H8O2. The monoisotopic (exact) mass is 124 g/mol. The van der Waals surface area contributed by atoms with E-state index in [4.69, 9.17) is 4.74 Å². The fourth-order valence-electron chi connectivity index (χ4n) is 2.35. The molecule has 2 saturated carbocycles. The second-order valence-electron chi connectivity index (χ2n) is 3.26. The van der Waals surface area contributed by atoms with Gasteiger partial charge in [0.25, 0.3) is 0 Å². The van der Waals surface area contributed by atoms with Gasteiger partial charge in [-0.05, 0) is 12.8 Å². The molecule has 2 heteroatoms. The Morgan fingerprint density at radius 2 is 1.78 bits per heavy atom. The molecule has 2 bridgehead atoms. The Bertz CT molecular complexity index is 169. The average Bonchev–Trinajstić information content (AvgIpc) is 2.53. The summed E-state index contributed by atoms with van der Waals surface area (Å²) in [4.78, 5) is 11.1. The first-order valence-corrected chi connectivity index (χ1v) is 3.57. The number of epoxide rings is 1. The Labute approximate surface area is 53.2 Å². The smallest absolute Gasteiger partial charge is 0.144 e. The van der Waals surface area contributed by atoms with Gasteiger partial charge < -0.3 is 4.74 Å². The van der Waals surface area contributed by atoms with E-state index in [0.717, 1.165) is 12.8 Å². The van der Waals surface area contributed by atoms with Gasteiger partial charge >= 0.3 is 0 Å². The number of ketones is 1. The van der Waals surface area contributed by atoms with Crippen molar-refractivity contribution >= 4 is 5.78 Å². The second kappa shape index (κ2) is 1.08. The van der Waals surface area contributed by atoms with Gasteiger partial charge in [0.2, 0.25) is 0 Å². The third-order valence-corrected chi connectivity index (χ3v) is 2.87. The van der Waals surface area contributed by atoms with E-state index >= 15 is 0 Å². The van der Waals surface area contributed by atoms with Gasteiger partial charge in [0.15, 0.2) is 0 Å². The Morgan fingerprint density at radius 1 is 1.22 bits per heavy atom. The molecule has 0 amide bonds. The summed E-state index contributed by atoms with van der Waals surface area (Å²) < 4.78 is 5.29. The van der Waals surface area contributed by atoms with Crippen LogP contribution in [0.1, 0.15) is 12.8 Å². The molecule has 3 aliphatic rings. The van der Waals surface area contributed by atoms with Gasteiger partial charge in [-0.1, -0.05) is 0 Å². The molecule has 0 N–H and O–H groups in total. The summed E-state index contributed by atoms with van der Waals surface area (Å²) in [6.45, 7) is 0. The molecule has 1 saturated heterocycles. The molecule has 0 aromatic heterocycles. The molecule has 0 aromatic carbocycles. The summed E-state index contributed by atoms with van der Waals surface area (Å²) in [5.74, 6) is 1.14. The van der Waals surface area contributed by atoms with Crippen LogP contribution >= 0.6 is 0 Å². The molecule has 1 aliphatic heterocycles. The Morgan fingerprint density at radius 3 is 2.11 bits per heavy atom. The minimum absolute atomic E-state index is 0.319. The fourth-order valence-corrected chi connectivity index (χ4v) is 2.35. The van der Waals surface area contributed by atoms with E-state index in [1.165, 1.54) is 0 Å². The van der Waals surface area contributed by atoms with E-state index in [1.54, 1.807) is 0 Å². The lowest BCUT2D eigenvalue weighted by Crippen LogP contribution is -2.10. The van der Waals surface area contributed by atoms with Crippen molar-refractivity contribution in [1.82, 2.24) is 0 Å². The summed E-state index contributed by atoms with van der Waals surface area (Å²) in [7, 11) is 0. The molecule has 0 unspecified atom stereocenters. The third kappa shape index (κ3) is 0.341. The molecule has 1 heterocycles. The van der Waals surface area contributed by atoms with Gasteiger partial charge in [0.1, 0.15) is 5.78 Å². The van der Waals surface area contributed by atoms with Gasteiger partial charge in [0.05, 0.1) is 12.2 Å². The molecule has 0 radical (unpaired) electrons. The van der Waals surface area contributed by atoms with Crippen molar-refractivity contribution in [3.05, 3.63) is 0 Å². The summed E-state index contributed by atoms with van der Waals surface area (Å²) in [6, 6.07) is 0. The molecule has 3 rings (SSSR count). The molecule has 2 nitrogen and oxygen atoms in total. The zero-order valence-electron chi connectivity index (χ0n) is 5.04. The summed E-state index contributed by atoms with van der Waals surface area (Å²) in [5, 5.41) is 0. The fraction of sp³-hybridized carbons (Fsp3) is 0.857. The highest BCUT2D eigenvalue weighted by molar-refractivity contribution is 5.90. The van der Waals surface area contributed by atoms with E-state index in [1.807, 2.05) is 0 Å². The van der Waals surface area contributed by atoms with Crippen molar-refractivity contribution in [1.29, 1.82) is 0 Å². The molecule has 4 atom stereocenters. The van der Waals surface area contributed by atoms with Gasteiger partial charge in [-0.25, -0.2) is 0 Å². The normalized spacial score (nSPS) is 60.2. The van der Waals surface area contributed by atoms with E-state index in [-0.39, 0.29) is 0 Å². The van der Waals surface area contributed by atoms with Crippen LogP contribution in [0.3, 0.4) is 0 Å². The summed E-state index contributed by atoms with van der Waals surface area (Å²) in [5.41, 5.74) is 0. The molecule has 0 spiro atoms. The predicted octanol–water partition coefficient (Wildman–Crippen LogP) is 0.363. The highest BCUT2D eigenvalue weighted by Crippen LogP contribution is 2.53. The summed E-state index contributed by atoms with van der Waals surface area (Å²) >= 11 is 0. The molecule has 9 heavy (non-hydrogen) atoms. The lowest BCUT2D eigenvalue weighted by Gasteiger charge is -1.97. The molecule has 48 valence electrons. The highest BCUT2D eigenvalue weighted by Gasteiger charge is 2.64. The minimum Gasteiger partial charge on any atom is -0.368 e. The minimum atomic E-state index is 0.319. The van der Waals surface area contributed by atoms with Crippen LogP contribution in [0.15, 0.2) is 0 Å². The quantitative estimate of drug-likeness (QED) is 0.436. The van der Waals surface area contributed by atoms with E-state index in [0.29, 0.717) is 29.8 Å². The van der Waals surface area contributed by atoms with Crippen LogP contribution in [0.25, 0.3) is 0 Å². The number of Topliss-reactive ketones (excluding diaryl/α,β-unsaturated/α-hetero) is 1. The topological polar surface area (TPSA) is 29.6 Å². The van der Waals surface area contributed by atoms with Crippen molar-refractivity contribution in [3.63, 3.8) is 0 Å². The zero-order chi connectivity index (χ0) is 6.01. The van der Waals surface area contributed by atoms with Crippen LogP contribution in [0.2, 0.25) is 0 Å². The maximum Gasteiger partial charge on any atom is 0.144 e. The molecule has 3 fully saturated rings. The Balaban J connectivity index is 2.09. The first-order chi connectivity index (χ1) is 4.38. The standard InChI is InChI=1S/C7H8O2/c8-5-3-1-2-4(5)7-6(3)9-7/h3-4,6-7H,1-2H2/t3-,4+,6+,7-. The number of hydrogen-bond acceptors (Lipinski definition) is 2. The van der Waals surface area contributed by atoms with E-state index in [2.05, 4.69) is 0 Å². The largest absolute Gasteiger partial charge is 0.368 e. The Kier molecular flexibility index (Phi) is 0.533. The van der Waals surface area contributed by atoms with Gasteiger partial charge in [-0.15, -0.1) is 0 Å². The lowest BCUT2D eigenvalue weighted by molar-refractivity contribution is -0.124. The van der Waals surface area contributed by atoms with Crippen molar-refractivity contribution in [3.8, 4) is 0 Å². The van der Waals surface area contributed by atoms with Gasteiger partial charge in [0, 0.05) is 11.8 Å². The Hall–Kier alpha value is -0.370. The average molecular weight is 124 g/mol. The first-order valence-electron chi connectivity index (χ1n) is 3.57. The van der Waals surface area contributed by atoms with Crippen LogP contribution < -0.4 is 0 Å². The van der Waals surface area contributed by atoms with Crippen molar-refractivity contribution < 1.29 is 9.53 Å². The lowest BCUT2D eigenvalue weighted by atomic mass is 10.0. The van der Waals surface area contributed by atoms with Crippen molar-refractivity contribution in [2.75, 3.05) is 0 Å². The number of ether oxygens (including phenoxy) is 1. The molecule has 0 aromatic rings. The predicted molar refractivity (Wildman–Crippen MR) is 29.9 cm³/mol. The first kappa shape index (κ1) is 4.45. The van der Waals surface area contributed by atoms with Crippen LogP contribution in [-0.2, 0) is 9.53 Å². The van der Waals surface area contributed by atoms with Crippen molar-refractivity contribution in [2.45, 2.75) is 25.0 Å². The van der Waals surface area contributed by atoms with Crippen LogP contribution in [0.4, 0.5) is 0 Å². The number of fused-ring (bicyclic) bond motifs is 5. The van der Waals surface area contributed by atoms with E-state index in [9.17, 15) is 4.79 Å². The maximum atomic E-state index is 11.1. The number of carbonyl (C=O) groups excluding carboxylic acids is 1. The van der Waals surface area contributed by atoms with Crippen molar-refractivity contribution in [2.24, 2.45) is 11.8 Å². The number of hydrogen-bond donors (Lipinski definition) is 0. The highest BCUT2D eigenvalue weighted by atomic mass is 16.6. The zero-order valence-corrected chi connectivity index (χ0v) is 5.04. The molecular weight excluding hydrogens is 116 g/mol. The maximum absolute atomic E-state index is 11.1. The summed E-state index contributed by atoms with van der Waals surface area (Å²) in [6.07, 6.45) is 2.95. The van der Waals surface area contributed by atoms with Gasteiger partial charge in [-0.2, -0.15) is 0 Å². The SMILES string of the molecule is O=C1[C@H]2CC[C@@H]1[C@H]1O[C@H]12. The van der Waals surface area contributed by atoms with Crippen LogP contribution in [-0.4, -0.2) is 18.0 Å². The van der Waals surface area contributed by atoms with E-state index < -0.39 is 0 Å². The number of carbonyl (C=O) groups is 1. The second-order valence-corrected chi connectivity index (χ2v) is 3.26. The van der Waals surface area contributed by atoms with Gasteiger partial charge in [-0.3, -0.25) is 4.79 Å². The van der Waals surface area contributed by atoms with Crippen LogP contribution in [0.5, 0.6) is 0 Å². The van der Waals surface area contributed by atoms with Crippen LogP contribution in [0, 0.1) is 11.8 Å². The molecule has 2 aliphatic carbocycles. The number of rotatable bonds is 0.